The van der Waals surface area contributed by atoms with Gasteiger partial charge in [-0.25, -0.2) is 4.79 Å². The maximum atomic E-state index is 13.2. The SMILES string of the molecule is C[C@@]1(c2cc3ccccc3o2)NC(=O)N(CC(=O)N2CCC(Cc3ccccc3)CC2)C1=O. The van der Waals surface area contributed by atoms with E-state index in [1.54, 1.807) is 17.9 Å². The van der Waals surface area contributed by atoms with Gasteiger partial charge in [-0.2, -0.15) is 0 Å². The molecule has 1 aromatic heterocycles. The van der Waals surface area contributed by atoms with Gasteiger partial charge in [0.1, 0.15) is 17.9 Å². The lowest BCUT2D eigenvalue weighted by Gasteiger charge is -2.33. The second kappa shape index (κ2) is 8.39. The van der Waals surface area contributed by atoms with Crippen LogP contribution in [-0.4, -0.2) is 47.3 Å². The third kappa shape index (κ3) is 3.99. The number of imide groups is 1. The van der Waals surface area contributed by atoms with Crippen LogP contribution in [0.2, 0.25) is 0 Å². The van der Waals surface area contributed by atoms with Gasteiger partial charge in [-0.3, -0.25) is 14.5 Å². The second-order valence-electron chi connectivity index (χ2n) is 9.11. The van der Waals surface area contributed by atoms with Crippen LogP contribution in [0.3, 0.4) is 0 Å². The van der Waals surface area contributed by atoms with Crippen LogP contribution in [0.25, 0.3) is 11.0 Å². The number of hydrogen-bond acceptors (Lipinski definition) is 4. The fraction of sp³-hybridized carbons (Fsp3) is 0.346. The highest BCUT2D eigenvalue weighted by molar-refractivity contribution is 6.09. The van der Waals surface area contributed by atoms with Crippen molar-refractivity contribution < 1.29 is 18.8 Å². The van der Waals surface area contributed by atoms with Crippen molar-refractivity contribution in [3.8, 4) is 0 Å². The lowest BCUT2D eigenvalue weighted by Crippen LogP contribution is -2.46. The van der Waals surface area contributed by atoms with Crippen LogP contribution in [0, 0.1) is 5.92 Å². The van der Waals surface area contributed by atoms with Gasteiger partial charge in [0.25, 0.3) is 5.91 Å². The molecule has 7 heteroatoms. The fourth-order valence-electron chi connectivity index (χ4n) is 4.81. The van der Waals surface area contributed by atoms with E-state index in [1.165, 1.54) is 5.56 Å². The molecule has 0 bridgehead atoms. The third-order valence-electron chi connectivity index (χ3n) is 6.82. The van der Waals surface area contributed by atoms with E-state index in [-0.39, 0.29) is 12.5 Å². The molecule has 1 atom stereocenters. The molecule has 4 amide bonds. The highest BCUT2D eigenvalue weighted by atomic mass is 16.3. The smallest absolute Gasteiger partial charge is 0.325 e. The van der Waals surface area contributed by atoms with Gasteiger partial charge < -0.3 is 14.6 Å². The molecule has 0 saturated carbocycles. The quantitative estimate of drug-likeness (QED) is 0.608. The molecule has 0 spiro atoms. The summed E-state index contributed by atoms with van der Waals surface area (Å²) in [4.78, 5) is 41.5. The van der Waals surface area contributed by atoms with Gasteiger partial charge in [0.05, 0.1) is 0 Å². The first-order valence-corrected chi connectivity index (χ1v) is 11.4. The van der Waals surface area contributed by atoms with Crippen LogP contribution in [0.1, 0.15) is 31.1 Å². The highest BCUT2D eigenvalue weighted by Crippen LogP contribution is 2.33. The highest BCUT2D eigenvalue weighted by Gasteiger charge is 2.52. The Hall–Kier alpha value is -3.61. The molecule has 2 aliphatic heterocycles. The number of para-hydroxylation sites is 1. The number of furan rings is 1. The predicted molar refractivity (Wildman–Crippen MR) is 123 cm³/mol. The third-order valence-corrected chi connectivity index (χ3v) is 6.82. The van der Waals surface area contributed by atoms with E-state index in [9.17, 15) is 14.4 Å². The van der Waals surface area contributed by atoms with Crippen LogP contribution < -0.4 is 5.32 Å². The summed E-state index contributed by atoms with van der Waals surface area (Å²) < 4.78 is 5.85. The number of piperidine rings is 1. The average Bonchev–Trinajstić information content (AvgIpc) is 3.36. The number of benzene rings is 2. The minimum atomic E-state index is -1.33. The van der Waals surface area contributed by atoms with Crippen molar-refractivity contribution in [1.29, 1.82) is 0 Å². The molecule has 1 N–H and O–H groups in total. The number of urea groups is 1. The lowest BCUT2D eigenvalue weighted by molar-refractivity contribution is -0.139. The summed E-state index contributed by atoms with van der Waals surface area (Å²) in [6.45, 7) is 2.63. The molecule has 33 heavy (non-hydrogen) atoms. The Morgan fingerprint density at radius 1 is 1.06 bits per heavy atom. The second-order valence-corrected chi connectivity index (χ2v) is 9.11. The van der Waals surface area contributed by atoms with Gasteiger partial charge in [0, 0.05) is 18.5 Å². The minimum Gasteiger partial charge on any atom is -0.458 e. The van der Waals surface area contributed by atoms with Crippen molar-refractivity contribution in [2.24, 2.45) is 5.92 Å². The number of carbonyl (C=O) groups is 3. The summed E-state index contributed by atoms with van der Waals surface area (Å²) in [7, 11) is 0. The van der Waals surface area contributed by atoms with Crippen LogP contribution in [-0.2, 0) is 21.5 Å². The summed E-state index contributed by atoms with van der Waals surface area (Å²) in [6, 6.07) is 19.0. The number of likely N-dealkylation sites (tertiary alicyclic amines) is 1. The Kier molecular flexibility index (Phi) is 5.40. The van der Waals surface area contributed by atoms with E-state index in [0.29, 0.717) is 30.4 Å². The first-order chi connectivity index (χ1) is 15.9. The topological polar surface area (TPSA) is 82.9 Å². The minimum absolute atomic E-state index is 0.203. The van der Waals surface area contributed by atoms with Gasteiger partial charge >= 0.3 is 6.03 Å². The van der Waals surface area contributed by atoms with Gasteiger partial charge in [-0.15, -0.1) is 0 Å². The normalized spacial score (nSPS) is 21.6. The number of carbonyl (C=O) groups excluding carboxylic acids is 3. The van der Waals surface area contributed by atoms with Crippen molar-refractivity contribution >= 4 is 28.8 Å². The first kappa shape index (κ1) is 21.2. The number of hydrogen-bond donors (Lipinski definition) is 1. The molecule has 7 nitrogen and oxygen atoms in total. The maximum absolute atomic E-state index is 13.2. The van der Waals surface area contributed by atoms with Gasteiger partial charge in [-0.05, 0) is 49.8 Å². The molecular formula is C26H27N3O4. The Labute approximate surface area is 192 Å². The molecular weight excluding hydrogens is 418 g/mol. The Balaban J connectivity index is 1.22. The van der Waals surface area contributed by atoms with Crippen molar-refractivity contribution in [3.05, 3.63) is 72.0 Å². The van der Waals surface area contributed by atoms with E-state index in [1.807, 2.05) is 42.5 Å². The Morgan fingerprint density at radius 2 is 1.76 bits per heavy atom. The van der Waals surface area contributed by atoms with Crippen LogP contribution in [0.5, 0.6) is 0 Å². The standard InChI is InChI=1S/C26H27N3O4/c1-26(22-16-20-9-5-6-10-21(20)33-22)24(31)29(25(32)27-26)17-23(30)28-13-11-19(12-14-28)15-18-7-3-2-4-8-18/h2-10,16,19H,11-15,17H2,1H3,(H,27,32)/t26-/m0/s1. The van der Waals surface area contributed by atoms with E-state index < -0.39 is 17.5 Å². The zero-order valence-electron chi connectivity index (χ0n) is 18.6. The van der Waals surface area contributed by atoms with Crippen molar-refractivity contribution in [3.63, 3.8) is 0 Å². The van der Waals surface area contributed by atoms with E-state index in [4.69, 9.17) is 4.42 Å². The van der Waals surface area contributed by atoms with Crippen molar-refractivity contribution in [2.75, 3.05) is 19.6 Å². The Morgan fingerprint density at radius 3 is 2.48 bits per heavy atom. The summed E-state index contributed by atoms with van der Waals surface area (Å²) in [5, 5.41) is 3.57. The monoisotopic (exact) mass is 445 g/mol. The number of amides is 4. The van der Waals surface area contributed by atoms with E-state index in [2.05, 4.69) is 17.4 Å². The number of rotatable bonds is 5. The largest absolute Gasteiger partial charge is 0.458 e. The number of fused-ring (bicyclic) bond motifs is 1. The van der Waals surface area contributed by atoms with E-state index in [0.717, 1.165) is 29.5 Å². The molecule has 2 aliphatic rings. The average molecular weight is 446 g/mol. The molecule has 2 saturated heterocycles. The van der Waals surface area contributed by atoms with E-state index >= 15 is 0 Å². The summed E-state index contributed by atoms with van der Waals surface area (Å²) >= 11 is 0. The van der Waals surface area contributed by atoms with Crippen LogP contribution in [0.15, 0.2) is 65.1 Å². The van der Waals surface area contributed by atoms with Gasteiger partial charge in [0.15, 0.2) is 5.54 Å². The molecule has 0 unspecified atom stereocenters. The Bertz CT molecular complexity index is 1160. The molecule has 2 aromatic carbocycles. The summed E-state index contributed by atoms with van der Waals surface area (Å²) in [5.41, 5.74) is 0.620. The van der Waals surface area contributed by atoms with Crippen LogP contribution >= 0.6 is 0 Å². The molecule has 0 aliphatic carbocycles. The molecule has 2 fully saturated rings. The van der Waals surface area contributed by atoms with Gasteiger partial charge in [0.2, 0.25) is 5.91 Å². The van der Waals surface area contributed by atoms with Gasteiger partial charge in [-0.1, -0.05) is 48.5 Å². The fourth-order valence-corrected chi connectivity index (χ4v) is 4.81. The molecule has 170 valence electrons. The zero-order valence-corrected chi connectivity index (χ0v) is 18.6. The molecule has 5 rings (SSSR count). The number of nitrogens with one attached hydrogen (secondary N) is 1. The predicted octanol–water partition coefficient (Wildman–Crippen LogP) is 3.68. The van der Waals surface area contributed by atoms with Crippen LogP contribution in [0.4, 0.5) is 4.79 Å². The molecule has 3 aromatic rings. The lowest BCUT2D eigenvalue weighted by atomic mass is 9.90. The number of nitrogens with zero attached hydrogens (tertiary/aromatic N) is 2. The summed E-state index contributed by atoms with van der Waals surface area (Å²) in [6.07, 6.45) is 2.83. The maximum Gasteiger partial charge on any atom is 0.325 e. The van der Waals surface area contributed by atoms with Crippen molar-refractivity contribution in [1.82, 2.24) is 15.1 Å². The summed E-state index contributed by atoms with van der Waals surface area (Å²) in [5.74, 6) is 0.215. The first-order valence-electron chi connectivity index (χ1n) is 11.4. The molecule has 3 heterocycles. The van der Waals surface area contributed by atoms with Crippen molar-refractivity contribution in [2.45, 2.75) is 31.7 Å². The molecule has 0 radical (unpaired) electrons. The zero-order chi connectivity index (χ0) is 23.0.